The lowest BCUT2D eigenvalue weighted by Crippen LogP contribution is -2.61. The minimum absolute atomic E-state index is 0.446. The second-order valence-corrected chi connectivity index (χ2v) is 5.05. The van der Waals surface area contributed by atoms with Gasteiger partial charge in [0, 0.05) is 27.7 Å². The number of hydrogen-bond donors (Lipinski definition) is 0. The summed E-state index contributed by atoms with van der Waals surface area (Å²) in [4.78, 5) is 44.7. The van der Waals surface area contributed by atoms with Gasteiger partial charge < -0.3 is 23.7 Å². The van der Waals surface area contributed by atoms with Crippen LogP contribution in [0.15, 0.2) is 0 Å². The normalized spacial score (nSPS) is 29.3. The minimum atomic E-state index is -2.18. The van der Waals surface area contributed by atoms with Crippen LogP contribution >= 0.6 is 0 Å². The van der Waals surface area contributed by atoms with Crippen molar-refractivity contribution in [2.75, 3.05) is 6.61 Å². The highest BCUT2D eigenvalue weighted by molar-refractivity contribution is 5.68. The molecule has 10 heteroatoms. The maximum Gasteiger partial charge on any atom is 0.303 e. The highest BCUT2D eigenvalue weighted by atomic mass is 19.1. The van der Waals surface area contributed by atoms with Crippen molar-refractivity contribution in [1.82, 2.24) is 0 Å². The fourth-order valence-electron chi connectivity index (χ4n) is 2.18. The van der Waals surface area contributed by atoms with Gasteiger partial charge in [-0.1, -0.05) is 0 Å². The number of hydrogen-bond acceptors (Lipinski definition) is 9. The van der Waals surface area contributed by atoms with Gasteiger partial charge in [0.15, 0.2) is 18.3 Å². The molecular weight excluding hydrogens is 331 g/mol. The second kappa shape index (κ2) is 8.57. The molecule has 0 amide bonds. The molecule has 1 rings (SSSR count). The van der Waals surface area contributed by atoms with Crippen LogP contribution in [-0.2, 0) is 42.9 Å². The van der Waals surface area contributed by atoms with E-state index in [0.29, 0.717) is 0 Å². The number of ether oxygens (including phenoxy) is 5. The smallest absolute Gasteiger partial charge is 0.303 e. The zero-order chi connectivity index (χ0) is 18.4. The lowest BCUT2D eigenvalue weighted by molar-refractivity contribution is -0.277. The van der Waals surface area contributed by atoms with E-state index in [1.807, 2.05) is 0 Å². The first-order chi connectivity index (χ1) is 11.1. The predicted octanol–water partition coefficient (Wildman–Crippen LogP) is 0.0390. The van der Waals surface area contributed by atoms with Gasteiger partial charge >= 0.3 is 23.9 Å². The number of rotatable bonds is 5. The Bertz CT molecular complexity index is 506. The summed E-state index contributed by atoms with van der Waals surface area (Å²) in [7, 11) is 0. The summed E-state index contributed by atoms with van der Waals surface area (Å²) in [5.74, 6) is -3.09. The summed E-state index contributed by atoms with van der Waals surface area (Å²) < 4.78 is 38.7. The quantitative estimate of drug-likeness (QED) is 0.500. The third-order valence-electron chi connectivity index (χ3n) is 2.93. The van der Waals surface area contributed by atoms with Gasteiger partial charge in [-0.05, 0) is 0 Å². The molecule has 0 bridgehead atoms. The molecule has 5 atom stereocenters. The number of alkyl halides is 1. The Morgan fingerprint density at radius 1 is 0.792 bits per heavy atom. The predicted molar refractivity (Wildman–Crippen MR) is 73.1 cm³/mol. The summed E-state index contributed by atoms with van der Waals surface area (Å²) in [5.41, 5.74) is 0. The third kappa shape index (κ3) is 5.76. The first-order valence-electron chi connectivity index (χ1n) is 7.06. The third-order valence-corrected chi connectivity index (χ3v) is 2.93. The molecule has 1 fully saturated rings. The Labute approximate surface area is 137 Å². The molecule has 9 nitrogen and oxygen atoms in total. The highest BCUT2D eigenvalue weighted by Gasteiger charge is 2.52. The molecule has 1 aliphatic heterocycles. The van der Waals surface area contributed by atoms with Gasteiger partial charge in [-0.25, -0.2) is 4.39 Å². The number of carbonyl (C=O) groups excluding carboxylic acids is 4. The molecule has 0 aromatic carbocycles. The average molecular weight is 350 g/mol. The van der Waals surface area contributed by atoms with Gasteiger partial charge in [0.2, 0.25) is 6.36 Å². The molecule has 1 unspecified atom stereocenters. The monoisotopic (exact) mass is 350 g/mol. The maximum atomic E-state index is 14.2. The van der Waals surface area contributed by atoms with Crippen molar-refractivity contribution < 1.29 is 47.3 Å². The molecule has 0 saturated carbocycles. The van der Waals surface area contributed by atoms with Crippen LogP contribution in [0.2, 0.25) is 0 Å². The minimum Gasteiger partial charge on any atom is -0.463 e. The summed E-state index contributed by atoms with van der Waals surface area (Å²) in [6, 6.07) is 0. The van der Waals surface area contributed by atoms with E-state index in [2.05, 4.69) is 0 Å². The van der Waals surface area contributed by atoms with E-state index in [-0.39, 0.29) is 0 Å². The van der Waals surface area contributed by atoms with Crippen molar-refractivity contribution in [2.24, 2.45) is 0 Å². The van der Waals surface area contributed by atoms with Crippen molar-refractivity contribution >= 4 is 23.9 Å². The van der Waals surface area contributed by atoms with Crippen molar-refractivity contribution in [1.29, 1.82) is 0 Å². The van der Waals surface area contributed by atoms with Crippen LogP contribution in [0.5, 0.6) is 0 Å². The second-order valence-electron chi connectivity index (χ2n) is 5.05. The molecular formula is C14H19FO9. The van der Waals surface area contributed by atoms with Gasteiger partial charge in [0.1, 0.15) is 12.7 Å². The van der Waals surface area contributed by atoms with Crippen LogP contribution in [0.25, 0.3) is 0 Å². The van der Waals surface area contributed by atoms with Crippen molar-refractivity contribution in [3.63, 3.8) is 0 Å². The Balaban J connectivity index is 3.11. The van der Waals surface area contributed by atoms with Gasteiger partial charge in [-0.3, -0.25) is 19.2 Å². The fourth-order valence-corrected chi connectivity index (χ4v) is 2.18. The number of halogens is 1. The van der Waals surface area contributed by atoms with E-state index in [9.17, 15) is 23.6 Å². The van der Waals surface area contributed by atoms with Crippen LogP contribution in [0.4, 0.5) is 4.39 Å². The Morgan fingerprint density at radius 2 is 1.25 bits per heavy atom. The fraction of sp³-hybridized carbons (Fsp3) is 0.714. The summed E-state index contributed by atoms with van der Waals surface area (Å²) in [5, 5.41) is 0. The van der Waals surface area contributed by atoms with Gasteiger partial charge in [0.25, 0.3) is 0 Å². The van der Waals surface area contributed by atoms with E-state index >= 15 is 0 Å². The zero-order valence-corrected chi connectivity index (χ0v) is 13.6. The van der Waals surface area contributed by atoms with E-state index < -0.39 is 61.3 Å². The Morgan fingerprint density at radius 3 is 1.71 bits per heavy atom. The summed E-state index contributed by atoms with van der Waals surface area (Å²) >= 11 is 0. The molecule has 1 saturated heterocycles. The molecule has 0 aromatic rings. The van der Waals surface area contributed by atoms with Crippen LogP contribution in [0.1, 0.15) is 27.7 Å². The van der Waals surface area contributed by atoms with Crippen LogP contribution in [0, 0.1) is 0 Å². The van der Waals surface area contributed by atoms with Gasteiger partial charge in [-0.15, -0.1) is 0 Å². The summed E-state index contributed by atoms with van der Waals surface area (Å²) in [6.07, 6.45) is -7.85. The van der Waals surface area contributed by atoms with Gasteiger partial charge in [-0.2, -0.15) is 0 Å². The molecule has 0 spiro atoms. The molecule has 136 valence electrons. The number of esters is 4. The lowest BCUT2D eigenvalue weighted by Gasteiger charge is -2.41. The molecule has 0 aliphatic carbocycles. The van der Waals surface area contributed by atoms with E-state index in [0.717, 1.165) is 27.7 Å². The number of carbonyl (C=O) groups is 4. The first kappa shape index (κ1) is 19.8. The van der Waals surface area contributed by atoms with E-state index in [4.69, 9.17) is 23.7 Å². The first-order valence-corrected chi connectivity index (χ1v) is 7.06. The molecule has 0 aromatic heterocycles. The molecule has 1 heterocycles. The van der Waals surface area contributed by atoms with Crippen molar-refractivity contribution in [2.45, 2.75) is 58.5 Å². The molecule has 24 heavy (non-hydrogen) atoms. The van der Waals surface area contributed by atoms with E-state index in [1.165, 1.54) is 0 Å². The molecule has 0 N–H and O–H groups in total. The largest absolute Gasteiger partial charge is 0.463 e. The topological polar surface area (TPSA) is 114 Å². The molecule has 0 radical (unpaired) electrons. The zero-order valence-electron chi connectivity index (χ0n) is 13.6. The SMILES string of the molecule is CC(=O)OC[C@H]1OC(F)[C@@H](OC(C)=O)[C@@H](OC(C)=O)[C@@H]1OC(C)=O. The van der Waals surface area contributed by atoms with Gasteiger partial charge in [0.05, 0.1) is 0 Å². The van der Waals surface area contributed by atoms with Crippen molar-refractivity contribution in [3.05, 3.63) is 0 Å². The standard InChI is InChI=1S/C14H19FO9/c1-6(16)20-5-10-11(21-7(2)17)12(22-8(3)18)13(14(15)24-10)23-9(4)19/h10-14H,5H2,1-4H3/t10-,11-,12+,13+,14?/m1/s1. The highest BCUT2D eigenvalue weighted by Crippen LogP contribution is 2.29. The lowest BCUT2D eigenvalue weighted by atomic mass is 9.98. The Hall–Kier alpha value is -2.23. The van der Waals surface area contributed by atoms with Crippen LogP contribution < -0.4 is 0 Å². The summed E-state index contributed by atoms with van der Waals surface area (Å²) in [6.45, 7) is 3.85. The van der Waals surface area contributed by atoms with E-state index in [1.54, 1.807) is 0 Å². The molecule has 1 aliphatic rings. The maximum absolute atomic E-state index is 14.2. The van der Waals surface area contributed by atoms with Crippen LogP contribution in [0.3, 0.4) is 0 Å². The average Bonchev–Trinajstić information content (AvgIpc) is 2.42. The van der Waals surface area contributed by atoms with Crippen LogP contribution in [-0.4, -0.2) is 61.3 Å². The van der Waals surface area contributed by atoms with Crippen molar-refractivity contribution in [3.8, 4) is 0 Å². The Kier molecular flexibility index (Phi) is 7.08.